The fourth-order valence-corrected chi connectivity index (χ4v) is 5.04. The summed E-state index contributed by atoms with van der Waals surface area (Å²) in [4.78, 5) is 36.0. The molecule has 0 bridgehead atoms. The van der Waals surface area contributed by atoms with Crippen molar-refractivity contribution < 1.29 is 29.3 Å². The average molecular weight is 497 g/mol. The molecule has 2 aromatic carbocycles. The monoisotopic (exact) mass is 496 g/mol. The molecule has 8 heteroatoms. The minimum absolute atomic E-state index is 0.138. The van der Waals surface area contributed by atoms with Crippen molar-refractivity contribution in [3.63, 3.8) is 0 Å². The van der Waals surface area contributed by atoms with Gasteiger partial charge >= 0.3 is 11.9 Å². The van der Waals surface area contributed by atoms with Gasteiger partial charge in [0.05, 0.1) is 13.0 Å². The van der Waals surface area contributed by atoms with E-state index in [0.717, 1.165) is 70.6 Å². The van der Waals surface area contributed by atoms with Crippen LogP contribution in [0, 0.1) is 11.8 Å². The smallest absolute Gasteiger partial charge is 0.414 e. The number of nitrogens with zero attached hydrogens (tertiary/aromatic N) is 2. The Labute approximate surface area is 212 Å². The van der Waals surface area contributed by atoms with Crippen molar-refractivity contribution in [2.24, 2.45) is 11.8 Å². The van der Waals surface area contributed by atoms with E-state index in [9.17, 15) is 4.79 Å². The van der Waals surface area contributed by atoms with Crippen molar-refractivity contribution in [1.29, 1.82) is 0 Å². The van der Waals surface area contributed by atoms with Crippen LogP contribution in [0.4, 0.5) is 0 Å². The molecule has 1 amide bonds. The first-order valence-electron chi connectivity index (χ1n) is 12.5. The molecule has 0 aromatic heterocycles. The molecule has 4 rings (SSSR count). The Kier molecular flexibility index (Phi) is 10.3. The molecule has 36 heavy (non-hydrogen) atoms. The van der Waals surface area contributed by atoms with Gasteiger partial charge in [0.2, 0.25) is 5.91 Å². The molecule has 194 valence electrons. The number of amides is 1. The van der Waals surface area contributed by atoms with Crippen LogP contribution in [0.15, 0.2) is 54.6 Å². The first kappa shape index (κ1) is 27.2. The van der Waals surface area contributed by atoms with E-state index in [1.807, 2.05) is 12.1 Å². The third kappa shape index (κ3) is 8.09. The highest BCUT2D eigenvalue weighted by Crippen LogP contribution is 2.27. The summed E-state index contributed by atoms with van der Waals surface area (Å²) >= 11 is 0. The number of para-hydroxylation sites is 1. The van der Waals surface area contributed by atoms with Gasteiger partial charge in [0.25, 0.3) is 0 Å². The number of ether oxygens (including phenoxy) is 1. The largest absolute Gasteiger partial charge is 0.496 e. The zero-order chi connectivity index (χ0) is 25.9. The molecule has 2 aromatic rings. The predicted octanol–water partition coefficient (Wildman–Crippen LogP) is 3.54. The van der Waals surface area contributed by atoms with E-state index in [0.29, 0.717) is 11.8 Å². The molecule has 2 aliphatic rings. The fraction of sp³-hybridized carbons (Fsp3) is 0.464. The maximum Gasteiger partial charge on any atom is 0.414 e. The molecule has 0 radical (unpaired) electrons. The van der Waals surface area contributed by atoms with Crippen LogP contribution in [0.5, 0.6) is 5.75 Å². The Morgan fingerprint density at radius 3 is 2.17 bits per heavy atom. The first-order valence-corrected chi connectivity index (χ1v) is 12.5. The second kappa shape index (κ2) is 13.6. The van der Waals surface area contributed by atoms with Crippen LogP contribution in [-0.4, -0.2) is 71.1 Å². The molecule has 2 aliphatic heterocycles. The van der Waals surface area contributed by atoms with Crippen molar-refractivity contribution in [3.05, 3.63) is 65.7 Å². The summed E-state index contributed by atoms with van der Waals surface area (Å²) in [7, 11) is 1.72. The topological polar surface area (TPSA) is 107 Å². The minimum atomic E-state index is -1.82. The lowest BCUT2D eigenvalue weighted by Crippen LogP contribution is -2.47. The van der Waals surface area contributed by atoms with Crippen LogP contribution in [0.25, 0.3) is 0 Å². The van der Waals surface area contributed by atoms with E-state index in [-0.39, 0.29) is 5.92 Å². The lowest BCUT2D eigenvalue weighted by molar-refractivity contribution is -0.159. The van der Waals surface area contributed by atoms with Gasteiger partial charge in [-0.25, -0.2) is 9.59 Å². The van der Waals surface area contributed by atoms with E-state index in [1.165, 1.54) is 11.1 Å². The highest BCUT2D eigenvalue weighted by Gasteiger charge is 2.31. The zero-order valence-corrected chi connectivity index (χ0v) is 20.8. The molecular weight excluding hydrogens is 460 g/mol. The third-order valence-electron chi connectivity index (χ3n) is 6.92. The zero-order valence-electron chi connectivity index (χ0n) is 20.8. The normalized spacial score (nSPS) is 18.6. The number of carbonyl (C=O) groups is 3. The molecule has 2 N–H and O–H groups in total. The Bertz CT molecular complexity index is 992. The van der Waals surface area contributed by atoms with Crippen molar-refractivity contribution in [2.75, 3.05) is 33.3 Å². The minimum Gasteiger partial charge on any atom is -0.496 e. The standard InChI is InChI=1S/C26H34N2O2.C2H2O4/c1-30-25-12-6-5-10-23(25)19-27-15-7-11-24(20-27)26(29)28-16-13-22(14-17-28)18-21-8-3-2-4-9-21;3-1(4)2(5)6/h2-6,8-10,12,22,24H,7,11,13-20H2,1H3;(H,3,4)(H,5,6). The molecule has 1 atom stereocenters. The van der Waals surface area contributed by atoms with E-state index in [4.69, 9.17) is 24.5 Å². The number of rotatable bonds is 6. The van der Waals surface area contributed by atoms with Crippen LogP contribution < -0.4 is 4.74 Å². The summed E-state index contributed by atoms with van der Waals surface area (Å²) in [5.41, 5.74) is 2.62. The van der Waals surface area contributed by atoms with Gasteiger partial charge in [0.15, 0.2) is 0 Å². The van der Waals surface area contributed by atoms with E-state index in [2.05, 4.69) is 52.3 Å². The molecule has 0 aliphatic carbocycles. The number of carboxylic acid groups (broad SMARTS) is 2. The maximum absolute atomic E-state index is 13.2. The number of hydrogen-bond donors (Lipinski definition) is 2. The van der Waals surface area contributed by atoms with E-state index >= 15 is 0 Å². The van der Waals surface area contributed by atoms with Gasteiger partial charge < -0.3 is 19.8 Å². The third-order valence-corrected chi connectivity index (χ3v) is 6.92. The predicted molar refractivity (Wildman–Crippen MR) is 136 cm³/mol. The van der Waals surface area contributed by atoms with E-state index < -0.39 is 11.9 Å². The Morgan fingerprint density at radius 2 is 1.53 bits per heavy atom. The first-order chi connectivity index (χ1) is 17.4. The van der Waals surface area contributed by atoms with Crippen molar-refractivity contribution in [1.82, 2.24) is 9.80 Å². The van der Waals surface area contributed by atoms with E-state index in [1.54, 1.807) is 7.11 Å². The average Bonchev–Trinajstić information content (AvgIpc) is 2.90. The van der Waals surface area contributed by atoms with Gasteiger partial charge in [-0.05, 0) is 56.2 Å². The number of benzene rings is 2. The number of hydrogen-bond acceptors (Lipinski definition) is 5. The second-order valence-corrected chi connectivity index (χ2v) is 9.45. The summed E-state index contributed by atoms with van der Waals surface area (Å²) in [6.07, 6.45) is 5.50. The molecule has 2 saturated heterocycles. The van der Waals surface area contributed by atoms with Crippen molar-refractivity contribution in [2.45, 2.75) is 38.6 Å². The van der Waals surface area contributed by atoms with Crippen molar-refractivity contribution in [3.8, 4) is 5.75 Å². The second-order valence-electron chi connectivity index (χ2n) is 9.45. The summed E-state index contributed by atoms with van der Waals surface area (Å²) in [5.74, 6) is -1.50. The lowest BCUT2D eigenvalue weighted by atomic mass is 9.89. The molecule has 0 saturated carbocycles. The van der Waals surface area contributed by atoms with Gasteiger partial charge in [-0.1, -0.05) is 48.5 Å². The summed E-state index contributed by atoms with van der Waals surface area (Å²) in [6, 6.07) is 19.0. The number of aliphatic carboxylic acids is 2. The van der Waals surface area contributed by atoms with Crippen LogP contribution in [0.1, 0.15) is 36.8 Å². The lowest BCUT2D eigenvalue weighted by Gasteiger charge is -2.38. The number of carboxylic acids is 2. The molecular formula is C28H36N2O6. The molecule has 2 fully saturated rings. The van der Waals surface area contributed by atoms with Crippen LogP contribution in [-0.2, 0) is 27.3 Å². The van der Waals surface area contributed by atoms with Gasteiger partial charge in [0.1, 0.15) is 5.75 Å². The van der Waals surface area contributed by atoms with Gasteiger partial charge in [-0.3, -0.25) is 9.69 Å². The highest BCUT2D eigenvalue weighted by atomic mass is 16.5. The number of methoxy groups -OCH3 is 1. The summed E-state index contributed by atoms with van der Waals surface area (Å²) < 4.78 is 5.51. The Hall–Kier alpha value is -3.39. The molecule has 2 heterocycles. The number of piperidine rings is 2. The Balaban J connectivity index is 0.000000538. The molecule has 1 unspecified atom stereocenters. The Morgan fingerprint density at radius 1 is 0.889 bits per heavy atom. The van der Waals surface area contributed by atoms with Crippen molar-refractivity contribution >= 4 is 17.8 Å². The van der Waals surface area contributed by atoms with Gasteiger partial charge in [0, 0.05) is 31.7 Å². The van der Waals surface area contributed by atoms with Crippen LogP contribution in [0.2, 0.25) is 0 Å². The number of likely N-dealkylation sites (tertiary alicyclic amines) is 2. The summed E-state index contributed by atoms with van der Waals surface area (Å²) in [5, 5.41) is 14.8. The van der Waals surface area contributed by atoms with Gasteiger partial charge in [-0.2, -0.15) is 0 Å². The molecule has 0 spiro atoms. The van der Waals surface area contributed by atoms with Crippen LogP contribution in [0.3, 0.4) is 0 Å². The van der Waals surface area contributed by atoms with Crippen LogP contribution >= 0.6 is 0 Å². The highest BCUT2D eigenvalue weighted by molar-refractivity contribution is 6.27. The quantitative estimate of drug-likeness (QED) is 0.589. The summed E-state index contributed by atoms with van der Waals surface area (Å²) in [6.45, 7) is 4.60. The number of carbonyl (C=O) groups excluding carboxylic acids is 1. The molecule has 8 nitrogen and oxygen atoms in total. The van der Waals surface area contributed by atoms with Gasteiger partial charge in [-0.15, -0.1) is 0 Å². The maximum atomic E-state index is 13.2. The SMILES string of the molecule is COc1ccccc1CN1CCCC(C(=O)N2CCC(Cc3ccccc3)CC2)C1.O=C(O)C(=O)O. The fourth-order valence-electron chi connectivity index (χ4n) is 5.04.